The number of aryl methyl sites for hydroxylation is 1. The summed E-state index contributed by atoms with van der Waals surface area (Å²) in [6, 6.07) is 3.20. The van der Waals surface area contributed by atoms with Crippen LogP contribution >= 0.6 is 27.5 Å². The van der Waals surface area contributed by atoms with Crippen molar-refractivity contribution >= 4 is 64.3 Å². The number of sulfonamides is 2. The Morgan fingerprint density at radius 1 is 1.19 bits per heavy atom. The molecule has 1 aromatic carbocycles. The van der Waals surface area contributed by atoms with Gasteiger partial charge in [0.05, 0.1) is 28.4 Å². The summed E-state index contributed by atoms with van der Waals surface area (Å²) in [6.07, 6.45) is 1.58. The number of benzene rings is 1. The zero-order valence-corrected chi connectivity index (χ0v) is 15.2. The van der Waals surface area contributed by atoms with Crippen LogP contribution in [0.1, 0.15) is 0 Å². The van der Waals surface area contributed by atoms with E-state index in [0.717, 1.165) is 12.5 Å². The van der Waals surface area contributed by atoms with E-state index in [4.69, 9.17) is 11.6 Å². The summed E-state index contributed by atoms with van der Waals surface area (Å²) in [6.45, 7) is 0. The molecule has 1 heterocycles. The monoisotopic (exact) mass is 415 g/mol. The average molecular weight is 417 g/mol. The first-order valence-electron chi connectivity index (χ1n) is 5.45. The van der Waals surface area contributed by atoms with E-state index in [-0.39, 0.29) is 19.9 Å². The van der Waals surface area contributed by atoms with E-state index < -0.39 is 20.0 Å². The largest absolute Gasteiger partial charge is 0.265 e. The van der Waals surface area contributed by atoms with Crippen molar-refractivity contribution < 1.29 is 16.8 Å². The Labute approximate surface area is 135 Å². The number of rotatable bonds is 3. The molecule has 0 amide bonds. The first kappa shape index (κ1) is 16.5. The van der Waals surface area contributed by atoms with Crippen LogP contribution in [0.3, 0.4) is 0 Å². The molecular formula is C10H11BrClN3O4S2. The molecule has 1 aromatic heterocycles. The van der Waals surface area contributed by atoms with Crippen LogP contribution in [0.25, 0.3) is 10.9 Å². The van der Waals surface area contributed by atoms with Crippen LogP contribution in [0.15, 0.2) is 16.6 Å². The third-order valence-electron chi connectivity index (χ3n) is 2.65. The second kappa shape index (κ2) is 5.11. The van der Waals surface area contributed by atoms with Gasteiger partial charge in [-0.15, -0.1) is 3.71 Å². The lowest BCUT2D eigenvalue weighted by Gasteiger charge is -2.17. The molecule has 116 valence electrons. The number of hydrogen-bond acceptors (Lipinski definition) is 5. The van der Waals surface area contributed by atoms with Crippen LogP contribution in [-0.2, 0) is 27.1 Å². The Hall–Kier alpha value is -0.840. The second-order valence-electron chi connectivity index (χ2n) is 4.42. The van der Waals surface area contributed by atoms with Gasteiger partial charge in [0.15, 0.2) is 5.82 Å². The topological polar surface area (TPSA) is 89.3 Å². The van der Waals surface area contributed by atoms with Crippen LogP contribution in [0.2, 0.25) is 5.02 Å². The van der Waals surface area contributed by atoms with E-state index in [1.165, 1.54) is 10.7 Å². The number of aromatic nitrogens is 2. The number of nitrogens with zero attached hydrogens (tertiary/aromatic N) is 3. The van der Waals surface area contributed by atoms with Crippen LogP contribution in [0.5, 0.6) is 0 Å². The molecule has 0 aliphatic rings. The second-order valence-corrected chi connectivity index (χ2v) is 9.58. The SMILES string of the molecule is Cn1nc(N(S(C)(=O)=O)S(C)(=O)=O)c2c(Cl)ccc(Br)c21. The van der Waals surface area contributed by atoms with Gasteiger partial charge < -0.3 is 0 Å². The molecule has 0 N–H and O–H groups in total. The van der Waals surface area contributed by atoms with Crippen molar-refractivity contribution in [3.8, 4) is 0 Å². The van der Waals surface area contributed by atoms with E-state index >= 15 is 0 Å². The van der Waals surface area contributed by atoms with Gasteiger partial charge >= 0.3 is 0 Å². The molecule has 0 aliphatic carbocycles. The Balaban J connectivity index is 2.99. The predicted octanol–water partition coefficient (Wildman–Crippen LogP) is 1.71. The van der Waals surface area contributed by atoms with E-state index in [0.29, 0.717) is 9.99 Å². The fraction of sp³-hybridized carbons (Fsp3) is 0.300. The highest BCUT2D eigenvalue weighted by molar-refractivity contribution is 9.10. The van der Waals surface area contributed by atoms with E-state index in [1.807, 2.05) is 0 Å². The lowest BCUT2D eigenvalue weighted by atomic mass is 10.2. The molecule has 0 spiro atoms. The maximum atomic E-state index is 11.9. The Morgan fingerprint density at radius 2 is 1.71 bits per heavy atom. The zero-order chi connectivity index (χ0) is 16.2. The fourth-order valence-electron chi connectivity index (χ4n) is 2.00. The number of hydrogen-bond donors (Lipinski definition) is 0. The summed E-state index contributed by atoms with van der Waals surface area (Å²) in [5, 5.41) is 4.46. The lowest BCUT2D eigenvalue weighted by molar-refractivity contribution is 0.590. The van der Waals surface area contributed by atoms with E-state index in [9.17, 15) is 16.8 Å². The fourth-order valence-corrected chi connectivity index (χ4v) is 5.68. The summed E-state index contributed by atoms with van der Waals surface area (Å²) in [5.41, 5.74) is 0.495. The van der Waals surface area contributed by atoms with E-state index in [2.05, 4.69) is 21.0 Å². The quantitative estimate of drug-likeness (QED) is 0.760. The highest BCUT2D eigenvalue weighted by atomic mass is 79.9. The molecule has 0 atom stereocenters. The highest BCUT2D eigenvalue weighted by Gasteiger charge is 2.33. The zero-order valence-electron chi connectivity index (χ0n) is 11.2. The molecule has 0 saturated carbocycles. The Morgan fingerprint density at radius 3 is 2.19 bits per heavy atom. The highest BCUT2D eigenvalue weighted by Crippen LogP contribution is 2.37. The summed E-state index contributed by atoms with van der Waals surface area (Å²) in [4.78, 5) is 0. The molecule has 0 saturated heterocycles. The minimum atomic E-state index is -4.09. The number of halogens is 2. The van der Waals surface area contributed by atoms with Crippen molar-refractivity contribution in [2.75, 3.05) is 16.2 Å². The Bertz CT molecular complexity index is 905. The van der Waals surface area contributed by atoms with Gasteiger partial charge in [0, 0.05) is 11.5 Å². The minimum absolute atomic E-state index is 0.202. The van der Waals surface area contributed by atoms with Gasteiger partial charge in [-0.3, -0.25) is 4.68 Å². The van der Waals surface area contributed by atoms with Crippen molar-refractivity contribution in [3.63, 3.8) is 0 Å². The van der Waals surface area contributed by atoms with Crippen molar-refractivity contribution in [3.05, 3.63) is 21.6 Å². The molecule has 0 fully saturated rings. The minimum Gasteiger partial charge on any atom is -0.265 e. The normalized spacial score (nSPS) is 12.8. The van der Waals surface area contributed by atoms with Crippen molar-refractivity contribution in [2.45, 2.75) is 0 Å². The summed E-state index contributed by atoms with van der Waals surface area (Å²) < 4.78 is 49.7. The van der Waals surface area contributed by atoms with Gasteiger partial charge in [-0.05, 0) is 28.1 Å². The number of fused-ring (bicyclic) bond motifs is 1. The molecule has 21 heavy (non-hydrogen) atoms. The molecule has 11 heteroatoms. The molecule has 0 radical (unpaired) electrons. The maximum Gasteiger partial charge on any atom is 0.246 e. The van der Waals surface area contributed by atoms with Gasteiger partial charge in [0.1, 0.15) is 0 Å². The third-order valence-corrected chi connectivity index (χ3v) is 6.78. The van der Waals surface area contributed by atoms with Crippen molar-refractivity contribution in [1.82, 2.24) is 9.78 Å². The summed E-state index contributed by atoms with van der Waals surface area (Å²) in [5.74, 6) is -0.246. The molecular weight excluding hydrogens is 406 g/mol. The van der Waals surface area contributed by atoms with E-state index in [1.54, 1.807) is 13.1 Å². The van der Waals surface area contributed by atoms with Crippen LogP contribution in [-0.4, -0.2) is 39.1 Å². The standard InChI is InChI=1S/C10H11BrClN3O4S2/c1-14-9-6(11)4-5-7(12)8(9)10(13-14)15(20(2,16)17)21(3,18)19/h4-5H,1-3H3. The summed E-state index contributed by atoms with van der Waals surface area (Å²) in [7, 11) is -6.61. The predicted molar refractivity (Wildman–Crippen MR) is 85.6 cm³/mol. The third kappa shape index (κ3) is 2.89. The lowest BCUT2D eigenvalue weighted by Crippen LogP contribution is -2.35. The Kier molecular flexibility index (Phi) is 4.02. The van der Waals surface area contributed by atoms with Crippen molar-refractivity contribution in [1.29, 1.82) is 0 Å². The smallest absolute Gasteiger partial charge is 0.246 e. The molecule has 0 unspecified atom stereocenters. The van der Waals surface area contributed by atoms with Crippen LogP contribution < -0.4 is 3.71 Å². The first-order valence-corrected chi connectivity index (χ1v) is 10.3. The van der Waals surface area contributed by atoms with Gasteiger partial charge in [-0.2, -0.15) is 5.10 Å². The molecule has 7 nitrogen and oxygen atoms in total. The molecule has 2 aromatic rings. The first-order chi connectivity index (χ1) is 9.44. The molecule has 2 rings (SSSR count). The van der Waals surface area contributed by atoms with Gasteiger partial charge in [0.25, 0.3) is 0 Å². The van der Waals surface area contributed by atoms with Crippen LogP contribution in [0.4, 0.5) is 5.82 Å². The molecule has 0 bridgehead atoms. The molecule has 0 aliphatic heterocycles. The average Bonchev–Trinajstić information content (AvgIpc) is 2.58. The summed E-state index contributed by atoms with van der Waals surface area (Å²) >= 11 is 9.41. The van der Waals surface area contributed by atoms with Crippen LogP contribution in [0, 0.1) is 0 Å². The van der Waals surface area contributed by atoms with Gasteiger partial charge in [-0.25, -0.2) is 16.8 Å². The van der Waals surface area contributed by atoms with Gasteiger partial charge in [0.2, 0.25) is 20.0 Å². The number of anilines is 1. The van der Waals surface area contributed by atoms with Gasteiger partial charge in [-0.1, -0.05) is 11.6 Å². The van der Waals surface area contributed by atoms with Crippen molar-refractivity contribution in [2.24, 2.45) is 7.05 Å². The maximum absolute atomic E-state index is 11.9.